The fourth-order valence-corrected chi connectivity index (χ4v) is 3.11. The molecule has 3 rings (SSSR count). The van der Waals surface area contributed by atoms with Gasteiger partial charge in [0.2, 0.25) is 0 Å². The molecule has 0 aliphatic carbocycles. The van der Waals surface area contributed by atoms with Crippen LogP contribution in [0.2, 0.25) is 0 Å². The SMILES string of the molecule is Nc1cc(Br)cc(CN2CCCOc3ccccc32)c1. The summed E-state index contributed by atoms with van der Waals surface area (Å²) in [6.45, 7) is 2.60. The van der Waals surface area contributed by atoms with Crippen molar-refractivity contribution in [2.24, 2.45) is 0 Å². The standard InChI is InChI=1S/C16H17BrN2O/c17-13-8-12(9-14(18)10-13)11-19-6-3-7-20-16-5-2-1-4-15(16)19/h1-2,4-5,8-10H,3,6-7,11,18H2. The highest BCUT2D eigenvalue weighted by molar-refractivity contribution is 9.10. The zero-order valence-corrected chi connectivity index (χ0v) is 12.8. The molecule has 2 aromatic rings. The quantitative estimate of drug-likeness (QED) is 0.849. The van der Waals surface area contributed by atoms with Gasteiger partial charge in [-0.3, -0.25) is 0 Å². The molecule has 0 fully saturated rings. The van der Waals surface area contributed by atoms with E-state index in [2.05, 4.69) is 39.0 Å². The largest absolute Gasteiger partial charge is 0.491 e. The number of hydrogen-bond acceptors (Lipinski definition) is 3. The van der Waals surface area contributed by atoms with Crippen molar-refractivity contribution in [2.45, 2.75) is 13.0 Å². The molecule has 1 heterocycles. The Hall–Kier alpha value is -1.68. The minimum Gasteiger partial charge on any atom is -0.491 e. The third-order valence-corrected chi connectivity index (χ3v) is 3.85. The van der Waals surface area contributed by atoms with Crippen LogP contribution in [-0.4, -0.2) is 13.2 Å². The first-order valence-corrected chi connectivity index (χ1v) is 7.53. The Bertz CT molecular complexity index is 595. The van der Waals surface area contributed by atoms with E-state index in [4.69, 9.17) is 10.5 Å². The molecule has 0 radical (unpaired) electrons. The number of anilines is 2. The minimum absolute atomic E-state index is 0.772. The zero-order chi connectivity index (χ0) is 13.9. The van der Waals surface area contributed by atoms with Crippen LogP contribution in [0.1, 0.15) is 12.0 Å². The van der Waals surface area contributed by atoms with Crippen LogP contribution in [0.5, 0.6) is 5.75 Å². The Morgan fingerprint density at radius 1 is 1.20 bits per heavy atom. The van der Waals surface area contributed by atoms with Crippen LogP contribution >= 0.6 is 15.9 Å². The van der Waals surface area contributed by atoms with Gasteiger partial charge >= 0.3 is 0 Å². The Balaban J connectivity index is 1.90. The van der Waals surface area contributed by atoms with Crippen LogP contribution < -0.4 is 15.4 Å². The molecule has 1 aliphatic rings. The number of benzene rings is 2. The van der Waals surface area contributed by atoms with Crippen molar-refractivity contribution in [3.8, 4) is 5.75 Å². The topological polar surface area (TPSA) is 38.5 Å². The van der Waals surface area contributed by atoms with E-state index < -0.39 is 0 Å². The van der Waals surface area contributed by atoms with E-state index in [0.29, 0.717) is 0 Å². The van der Waals surface area contributed by atoms with Crippen molar-refractivity contribution >= 4 is 27.3 Å². The molecule has 0 saturated carbocycles. The number of rotatable bonds is 2. The second kappa shape index (κ2) is 5.75. The lowest BCUT2D eigenvalue weighted by Crippen LogP contribution is -2.23. The monoisotopic (exact) mass is 332 g/mol. The smallest absolute Gasteiger partial charge is 0.142 e. The van der Waals surface area contributed by atoms with E-state index in [1.54, 1.807) is 0 Å². The predicted molar refractivity (Wildman–Crippen MR) is 86.2 cm³/mol. The molecule has 0 saturated heterocycles. The van der Waals surface area contributed by atoms with Gasteiger partial charge in [0.05, 0.1) is 12.3 Å². The molecule has 2 N–H and O–H groups in total. The third kappa shape index (κ3) is 2.90. The second-order valence-electron chi connectivity index (χ2n) is 4.98. The maximum Gasteiger partial charge on any atom is 0.142 e. The van der Waals surface area contributed by atoms with Crippen LogP contribution in [0, 0.1) is 0 Å². The Kier molecular flexibility index (Phi) is 3.83. The van der Waals surface area contributed by atoms with Crippen molar-refractivity contribution in [3.63, 3.8) is 0 Å². The number of nitrogens with two attached hydrogens (primary N) is 1. The summed E-state index contributed by atoms with van der Waals surface area (Å²) in [6.07, 6.45) is 1.03. The van der Waals surface area contributed by atoms with Crippen molar-refractivity contribution in [1.82, 2.24) is 0 Å². The molecule has 0 bridgehead atoms. The highest BCUT2D eigenvalue weighted by Gasteiger charge is 2.16. The lowest BCUT2D eigenvalue weighted by Gasteiger charge is -2.24. The van der Waals surface area contributed by atoms with Crippen LogP contribution in [-0.2, 0) is 6.54 Å². The molecule has 1 aliphatic heterocycles. The summed E-state index contributed by atoms with van der Waals surface area (Å²) >= 11 is 3.50. The van der Waals surface area contributed by atoms with E-state index in [1.807, 2.05) is 24.3 Å². The summed E-state index contributed by atoms with van der Waals surface area (Å²) in [5.41, 5.74) is 9.06. The molecule has 0 amide bonds. The first-order valence-electron chi connectivity index (χ1n) is 6.74. The third-order valence-electron chi connectivity index (χ3n) is 3.39. The van der Waals surface area contributed by atoms with E-state index in [0.717, 1.165) is 47.7 Å². The summed E-state index contributed by atoms with van der Waals surface area (Å²) in [4.78, 5) is 2.35. The highest BCUT2D eigenvalue weighted by Crippen LogP contribution is 2.32. The number of para-hydroxylation sites is 2. The van der Waals surface area contributed by atoms with E-state index in [9.17, 15) is 0 Å². The minimum atomic E-state index is 0.772. The van der Waals surface area contributed by atoms with Gasteiger partial charge in [-0.05, 0) is 42.3 Å². The molecule has 4 heteroatoms. The Morgan fingerprint density at radius 3 is 2.90 bits per heavy atom. The molecular weight excluding hydrogens is 316 g/mol. The van der Waals surface area contributed by atoms with Gasteiger partial charge in [-0.25, -0.2) is 0 Å². The number of nitrogens with zero attached hydrogens (tertiary/aromatic N) is 1. The molecule has 2 aromatic carbocycles. The normalized spacial score (nSPS) is 14.3. The van der Waals surface area contributed by atoms with Gasteiger partial charge in [0, 0.05) is 23.2 Å². The summed E-state index contributed by atoms with van der Waals surface area (Å²) in [5.74, 6) is 0.966. The van der Waals surface area contributed by atoms with Crippen LogP contribution in [0.3, 0.4) is 0 Å². The number of fused-ring (bicyclic) bond motifs is 1. The number of halogens is 1. The highest BCUT2D eigenvalue weighted by atomic mass is 79.9. The average molecular weight is 333 g/mol. The summed E-state index contributed by atoms with van der Waals surface area (Å²) in [5, 5.41) is 0. The van der Waals surface area contributed by atoms with Crippen LogP contribution in [0.25, 0.3) is 0 Å². The molecule has 0 unspecified atom stereocenters. The number of nitrogen functional groups attached to an aromatic ring is 1. The van der Waals surface area contributed by atoms with Gasteiger partial charge in [0.15, 0.2) is 0 Å². The number of ether oxygens (including phenoxy) is 1. The molecule has 3 nitrogen and oxygen atoms in total. The fraction of sp³-hybridized carbons (Fsp3) is 0.250. The van der Waals surface area contributed by atoms with E-state index in [-0.39, 0.29) is 0 Å². The van der Waals surface area contributed by atoms with Crippen molar-refractivity contribution in [3.05, 3.63) is 52.5 Å². The number of hydrogen-bond donors (Lipinski definition) is 1. The Labute approximate surface area is 127 Å². The molecule has 0 spiro atoms. The first-order chi connectivity index (χ1) is 9.72. The van der Waals surface area contributed by atoms with Crippen molar-refractivity contribution in [2.75, 3.05) is 23.8 Å². The van der Waals surface area contributed by atoms with Gasteiger partial charge < -0.3 is 15.4 Å². The molecule has 0 aromatic heterocycles. The predicted octanol–water partition coefficient (Wildman–Crippen LogP) is 3.82. The van der Waals surface area contributed by atoms with E-state index >= 15 is 0 Å². The maximum absolute atomic E-state index is 5.92. The lowest BCUT2D eigenvalue weighted by atomic mass is 10.1. The maximum atomic E-state index is 5.92. The van der Waals surface area contributed by atoms with Gasteiger partial charge in [0.1, 0.15) is 5.75 Å². The average Bonchev–Trinajstić information content (AvgIpc) is 2.61. The summed E-state index contributed by atoms with van der Waals surface area (Å²) in [6, 6.07) is 14.3. The first kappa shape index (κ1) is 13.3. The Morgan fingerprint density at radius 2 is 2.05 bits per heavy atom. The summed E-state index contributed by atoms with van der Waals surface area (Å²) in [7, 11) is 0. The zero-order valence-electron chi connectivity index (χ0n) is 11.2. The van der Waals surface area contributed by atoms with Crippen molar-refractivity contribution < 1.29 is 4.74 Å². The van der Waals surface area contributed by atoms with Crippen LogP contribution in [0.15, 0.2) is 46.9 Å². The summed E-state index contributed by atoms with van der Waals surface area (Å²) < 4.78 is 6.81. The van der Waals surface area contributed by atoms with Crippen LogP contribution in [0.4, 0.5) is 11.4 Å². The van der Waals surface area contributed by atoms with Gasteiger partial charge in [0.25, 0.3) is 0 Å². The second-order valence-corrected chi connectivity index (χ2v) is 5.90. The molecule has 20 heavy (non-hydrogen) atoms. The van der Waals surface area contributed by atoms with Gasteiger partial charge in [-0.2, -0.15) is 0 Å². The molecular formula is C16H17BrN2O. The van der Waals surface area contributed by atoms with E-state index in [1.165, 1.54) is 5.56 Å². The lowest BCUT2D eigenvalue weighted by molar-refractivity contribution is 0.322. The molecule has 0 atom stereocenters. The van der Waals surface area contributed by atoms with Crippen molar-refractivity contribution in [1.29, 1.82) is 0 Å². The van der Waals surface area contributed by atoms with Gasteiger partial charge in [-0.15, -0.1) is 0 Å². The molecule has 104 valence electrons. The fourth-order valence-electron chi connectivity index (χ4n) is 2.55. The van der Waals surface area contributed by atoms with Gasteiger partial charge in [-0.1, -0.05) is 28.1 Å².